The summed E-state index contributed by atoms with van der Waals surface area (Å²) in [6, 6.07) is 10.1. The van der Waals surface area contributed by atoms with Crippen molar-refractivity contribution in [3.05, 3.63) is 64.1 Å². The number of hydrogen-bond donors (Lipinski definition) is 1. The Labute approximate surface area is 135 Å². The van der Waals surface area contributed by atoms with Crippen LogP contribution in [-0.4, -0.2) is 15.6 Å². The highest BCUT2D eigenvalue weighted by Gasteiger charge is 2.25. The second kappa shape index (κ2) is 7.13. The fraction of sp³-hybridized carbons (Fsp3) is 0.333. The molecule has 0 bridgehead atoms. The van der Waals surface area contributed by atoms with Crippen molar-refractivity contribution in [2.75, 3.05) is 0 Å². The Balaban J connectivity index is 2.35. The first-order valence-electron chi connectivity index (χ1n) is 7.53. The van der Waals surface area contributed by atoms with E-state index >= 15 is 0 Å². The molecular weight excluding hydrogens is 294 g/mol. The third-order valence-corrected chi connectivity index (χ3v) is 3.74. The molecule has 1 unspecified atom stereocenters. The minimum absolute atomic E-state index is 0.115. The maximum absolute atomic E-state index is 12.1. The maximum Gasteiger partial charge on any atom is 0.326 e. The lowest BCUT2D eigenvalue weighted by atomic mass is 10.0. The number of ether oxygens (including phenoxy) is 1. The van der Waals surface area contributed by atoms with E-state index in [9.17, 15) is 14.7 Å². The molecule has 0 saturated carbocycles. The second-order valence-corrected chi connectivity index (χ2v) is 5.80. The molecule has 1 N–H and O–H groups in total. The monoisotopic (exact) mass is 315 g/mol. The van der Waals surface area contributed by atoms with Crippen LogP contribution in [0.15, 0.2) is 47.4 Å². The van der Waals surface area contributed by atoms with Crippen LogP contribution in [0, 0.1) is 12.8 Å². The van der Waals surface area contributed by atoms with Crippen molar-refractivity contribution in [3.8, 4) is 5.75 Å². The fourth-order valence-corrected chi connectivity index (χ4v) is 2.56. The Morgan fingerprint density at radius 2 is 1.87 bits per heavy atom. The van der Waals surface area contributed by atoms with Gasteiger partial charge in [0.15, 0.2) is 5.75 Å². The van der Waals surface area contributed by atoms with E-state index in [-0.39, 0.29) is 23.7 Å². The lowest BCUT2D eigenvalue weighted by molar-refractivity contribution is -0.142. The normalized spacial score (nSPS) is 12.2. The number of carboxylic acid groups (broad SMARTS) is 1. The number of hydrogen-bond acceptors (Lipinski definition) is 3. The van der Waals surface area contributed by atoms with E-state index in [1.807, 2.05) is 44.2 Å². The molecule has 2 rings (SSSR count). The molecule has 0 amide bonds. The summed E-state index contributed by atoms with van der Waals surface area (Å²) in [5, 5.41) is 9.45. The van der Waals surface area contributed by atoms with Gasteiger partial charge in [-0.05, 0) is 18.4 Å². The molecule has 0 aliphatic carbocycles. The van der Waals surface area contributed by atoms with Gasteiger partial charge < -0.3 is 14.4 Å². The Kier molecular flexibility index (Phi) is 5.21. The predicted octanol–water partition coefficient (Wildman–Crippen LogP) is 3.02. The summed E-state index contributed by atoms with van der Waals surface area (Å²) in [4.78, 5) is 23.6. The molecule has 23 heavy (non-hydrogen) atoms. The van der Waals surface area contributed by atoms with Gasteiger partial charge in [-0.3, -0.25) is 4.79 Å². The second-order valence-electron chi connectivity index (χ2n) is 5.80. The van der Waals surface area contributed by atoms with Gasteiger partial charge >= 0.3 is 5.97 Å². The summed E-state index contributed by atoms with van der Waals surface area (Å²) in [5.41, 5.74) is 1.22. The van der Waals surface area contributed by atoms with E-state index in [2.05, 4.69) is 0 Å². The van der Waals surface area contributed by atoms with Crippen LogP contribution < -0.4 is 10.2 Å². The first kappa shape index (κ1) is 16.8. The van der Waals surface area contributed by atoms with E-state index in [1.54, 1.807) is 11.5 Å². The summed E-state index contributed by atoms with van der Waals surface area (Å²) in [7, 11) is 0. The first-order chi connectivity index (χ1) is 10.9. The number of carbonyl (C=O) groups is 1. The maximum atomic E-state index is 12.1. The van der Waals surface area contributed by atoms with Crippen LogP contribution in [0.4, 0.5) is 0 Å². The van der Waals surface area contributed by atoms with E-state index in [0.29, 0.717) is 5.69 Å². The molecule has 5 nitrogen and oxygen atoms in total. The topological polar surface area (TPSA) is 68.5 Å². The zero-order valence-corrected chi connectivity index (χ0v) is 13.5. The fourth-order valence-electron chi connectivity index (χ4n) is 2.56. The molecule has 0 aliphatic heterocycles. The standard InChI is InChI=1S/C18H21NO4/c1-12(2)16(18(21)22)19-10-9-15(20)17(13(19)3)23-11-14-7-5-4-6-8-14/h4-10,12,16H,11H2,1-3H3,(H,21,22). The minimum Gasteiger partial charge on any atom is -0.483 e. The van der Waals surface area contributed by atoms with Crippen LogP contribution in [-0.2, 0) is 11.4 Å². The third kappa shape index (κ3) is 3.80. The Morgan fingerprint density at radius 3 is 2.43 bits per heavy atom. The van der Waals surface area contributed by atoms with Crippen molar-refractivity contribution in [3.63, 3.8) is 0 Å². The molecule has 0 radical (unpaired) electrons. The van der Waals surface area contributed by atoms with E-state index in [0.717, 1.165) is 5.56 Å². The number of aliphatic carboxylic acids is 1. The van der Waals surface area contributed by atoms with Gasteiger partial charge in [0.1, 0.15) is 12.6 Å². The smallest absolute Gasteiger partial charge is 0.326 e. The van der Waals surface area contributed by atoms with Crippen LogP contribution in [0.3, 0.4) is 0 Å². The Bertz CT molecular complexity index is 734. The highest BCUT2D eigenvalue weighted by molar-refractivity contribution is 5.72. The number of carboxylic acids is 1. The third-order valence-electron chi connectivity index (χ3n) is 3.74. The van der Waals surface area contributed by atoms with E-state index < -0.39 is 12.0 Å². The zero-order chi connectivity index (χ0) is 17.0. The quantitative estimate of drug-likeness (QED) is 0.889. The van der Waals surface area contributed by atoms with Crippen LogP contribution in [0.25, 0.3) is 0 Å². The number of pyridine rings is 1. The van der Waals surface area contributed by atoms with Crippen molar-refractivity contribution in [1.29, 1.82) is 0 Å². The van der Waals surface area contributed by atoms with Crippen LogP contribution in [0.5, 0.6) is 5.75 Å². The number of benzene rings is 1. The number of nitrogens with zero attached hydrogens (tertiary/aromatic N) is 1. The molecule has 1 atom stereocenters. The average molecular weight is 315 g/mol. The number of aromatic nitrogens is 1. The van der Waals surface area contributed by atoms with Crippen molar-refractivity contribution in [2.24, 2.45) is 5.92 Å². The molecule has 122 valence electrons. The van der Waals surface area contributed by atoms with Crippen LogP contribution in [0.2, 0.25) is 0 Å². The molecule has 0 saturated heterocycles. The van der Waals surface area contributed by atoms with Gasteiger partial charge in [-0.2, -0.15) is 0 Å². The molecule has 1 aromatic heterocycles. The lowest BCUT2D eigenvalue weighted by Gasteiger charge is -2.23. The summed E-state index contributed by atoms with van der Waals surface area (Å²) < 4.78 is 7.27. The number of rotatable bonds is 6. The molecule has 0 fully saturated rings. The van der Waals surface area contributed by atoms with Crippen molar-refractivity contribution >= 4 is 5.97 Å². The first-order valence-corrected chi connectivity index (χ1v) is 7.53. The summed E-state index contributed by atoms with van der Waals surface area (Å²) in [6.07, 6.45) is 1.52. The predicted molar refractivity (Wildman–Crippen MR) is 87.7 cm³/mol. The molecule has 2 aromatic rings. The lowest BCUT2D eigenvalue weighted by Crippen LogP contribution is -2.27. The van der Waals surface area contributed by atoms with Gasteiger partial charge in [0.25, 0.3) is 0 Å². The van der Waals surface area contributed by atoms with Crippen molar-refractivity contribution in [1.82, 2.24) is 4.57 Å². The van der Waals surface area contributed by atoms with E-state index in [4.69, 9.17) is 4.74 Å². The summed E-state index contributed by atoms with van der Waals surface area (Å²) in [5.74, 6) is -0.848. The van der Waals surface area contributed by atoms with Crippen LogP contribution >= 0.6 is 0 Å². The molecule has 0 aliphatic rings. The van der Waals surface area contributed by atoms with Gasteiger partial charge in [-0.1, -0.05) is 44.2 Å². The van der Waals surface area contributed by atoms with Gasteiger partial charge in [-0.25, -0.2) is 4.79 Å². The highest BCUT2D eigenvalue weighted by Crippen LogP contribution is 2.23. The summed E-state index contributed by atoms with van der Waals surface area (Å²) >= 11 is 0. The van der Waals surface area contributed by atoms with Crippen molar-refractivity contribution < 1.29 is 14.6 Å². The van der Waals surface area contributed by atoms with Gasteiger partial charge in [0.05, 0.1) is 5.69 Å². The minimum atomic E-state index is -0.930. The average Bonchev–Trinajstić information content (AvgIpc) is 2.50. The molecule has 0 spiro atoms. The largest absolute Gasteiger partial charge is 0.483 e. The van der Waals surface area contributed by atoms with E-state index in [1.165, 1.54) is 12.3 Å². The van der Waals surface area contributed by atoms with Crippen molar-refractivity contribution in [2.45, 2.75) is 33.4 Å². The van der Waals surface area contributed by atoms with Gasteiger partial charge in [0, 0.05) is 12.3 Å². The highest BCUT2D eigenvalue weighted by atomic mass is 16.5. The van der Waals surface area contributed by atoms with Gasteiger partial charge in [0.2, 0.25) is 5.43 Å². The SMILES string of the molecule is Cc1c(OCc2ccccc2)c(=O)ccn1C(C(=O)O)C(C)C. The molecule has 5 heteroatoms. The summed E-state index contributed by atoms with van der Waals surface area (Å²) in [6.45, 7) is 5.64. The zero-order valence-electron chi connectivity index (χ0n) is 13.5. The van der Waals surface area contributed by atoms with Crippen LogP contribution in [0.1, 0.15) is 31.1 Å². The molecule has 1 aromatic carbocycles. The Hall–Kier alpha value is -2.56. The molecule has 1 heterocycles. The molecular formula is C18H21NO4. The Morgan fingerprint density at radius 1 is 1.22 bits per heavy atom. The van der Waals surface area contributed by atoms with Gasteiger partial charge in [-0.15, -0.1) is 0 Å².